The van der Waals surface area contributed by atoms with E-state index in [2.05, 4.69) is 0 Å². The number of anilines is 1. The Morgan fingerprint density at radius 2 is 2.05 bits per heavy atom. The van der Waals surface area contributed by atoms with Gasteiger partial charge in [-0.15, -0.1) is 0 Å². The van der Waals surface area contributed by atoms with Crippen LogP contribution in [0.1, 0.15) is 10.4 Å². The van der Waals surface area contributed by atoms with Gasteiger partial charge in [-0.1, -0.05) is 24.3 Å². The summed E-state index contributed by atoms with van der Waals surface area (Å²) in [6.45, 7) is 1.25. The van der Waals surface area contributed by atoms with Gasteiger partial charge in [-0.25, -0.2) is 0 Å². The predicted octanol–water partition coefficient (Wildman–Crippen LogP) is 1.26. The highest BCUT2D eigenvalue weighted by Crippen LogP contribution is 2.23. The molecule has 5 nitrogen and oxygen atoms in total. The molecule has 1 fully saturated rings. The third-order valence-corrected chi connectivity index (χ3v) is 3.78. The average molecular weight is 286 g/mol. The Morgan fingerprint density at radius 1 is 1.33 bits per heavy atom. The Morgan fingerprint density at radius 3 is 2.76 bits per heavy atom. The standard InChI is InChI=1S/C16H18N2O3/c17-15-8-12-4-2-1-3-11(12)7-14(15)16(20)18-5-6-21-13(9-18)10-19/h1-4,7-8,13,19H,5-6,9-10,17H2. The van der Waals surface area contributed by atoms with Crippen molar-refractivity contribution in [3.8, 4) is 0 Å². The van der Waals surface area contributed by atoms with E-state index in [0.29, 0.717) is 30.9 Å². The maximum atomic E-state index is 12.6. The van der Waals surface area contributed by atoms with Crippen molar-refractivity contribution < 1.29 is 14.6 Å². The minimum absolute atomic E-state index is 0.0863. The predicted molar refractivity (Wildman–Crippen MR) is 81.1 cm³/mol. The Balaban J connectivity index is 1.92. The molecule has 21 heavy (non-hydrogen) atoms. The molecule has 0 spiro atoms. The van der Waals surface area contributed by atoms with Gasteiger partial charge in [0.05, 0.1) is 24.9 Å². The van der Waals surface area contributed by atoms with Gasteiger partial charge >= 0.3 is 0 Å². The first kappa shape index (κ1) is 13.9. The van der Waals surface area contributed by atoms with Crippen LogP contribution in [0.15, 0.2) is 36.4 Å². The van der Waals surface area contributed by atoms with Crippen molar-refractivity contribution in [2.24, 2.45) is 0 Å². The smallest absolute Gasteiger partial charge is 0.256 e. The Kier molecular flexibility index (Phi) is 3.77. The second kappa shape index (κ2) is 5.71. The van der Waals surface area contributed by atoms with Crippen molar-refractivity contribution >= 4 is 22.4 Å². The number of nitrogens with zero attached hydrogens (tertiary/aromatic N) is 1. The number of nitrogen functional groups attached to an aromatic ring is 1. The molecule has 3 rings (SSSR count). The largest absolute Gasteiger partial charge is 0.398 e. The molecule has 1 heterocycles. The summed E-state index contributed by atoms with van der Waals surface area (Å²) in [5, 5.41) is 11.2. The molecule has 0 bridgehead atoms. The number of aliphatic hydroxyl groups is 1. The molecule has 0 aliphatic carbocycles. The van der Waals surface area contributed by atoms with Gasteiger partial charge in [0.2, 0.25) is 0 Å². The summed E-state index contributed by atoms with van der Waals surface area (Å²) in [6, 6.07) is 11.5. The van der Waals surface area contributed by atoms with Crippen LogP contribution in [0.5, 0.6) is 0 Å². The van der Waals surface area contributed by atoms with Gasteiger partial charge in [0.1, 0.15) is 0 Å². The molecule has 0 radical (unpaired) electrons. The van der Waals surface area contributed by atoms with Crippen molar-refractivity contribution in [3.63, 3.8) is 0 Å². The lowest BCUT2D eigenvalue weighted by Crippen LogP contribution is -2.47. The van der Waals surface area contributed by atoms with E-state index >= 15 is 0 Å². The summed E-state index contributed by atoms with van der Waals surface area (Å²) < 4.78 is 5.37. The van der Waals surface area contributed by atoms with Gasteiger partial charge in [-0.2, -0.15) is 0 Å². The Hall–Kier alpha value is -2.11. The Labute approximate surface area is 122 Å². The molecule has 1 amide bonds. The average Bonchev–Trinajstić information content (AvgIpc) is 2.53. The lowest BCUT2D eigenvalue weighted by molar-refractivity contribution is -0.0447. The van der Waals surface area contributed by atoms with Gasteiger partial charge in [0.25, 0.3) is 5.91 Å². The van der Waals surface area contributed by atoms with Crippen LogP contribution in [0.3, 0.4) is 0 Å². The molecule has 3 N–H and O–H groups in total. The molecule has 5 heteroatoms. The number of fused-ring (bicyclic) bond motifs is 1. The molecule has 1 unspecified atom stereocenters. The fraction of sp³-hybridized carbons (Fsp3) is 0.312. The van der Waals surface area contributed by atoms with Crippen LogP contribution < -0.4 is 5.73 Å². The first-order chi connectivity index (χ1) is 10.2. The molecule has 2 aromatic rings. The van der Waals surface area contributed by atoms with E-state index in [0.717, 1.165) is 10.8 Å². The van der Waals surface area contributed by atoms with Crippen LogP contribution in [-0.4, -0.2) is 48.3 Å². The molecule has 0 saturated carbocycles. The number of rotatable bonds is 2. The molecule has 0 aromatic heterocycles. The van der Waals surface area contributed by atoms with Crippen LogP contribution >= 0.6 is 0 Å². The van der Waals surface area contributed by atoms with Gasteiger partial charge in [-0.3, -0.25) is 4.79 Å². The molecular weight excluding hydrogens is 268 g/mol. The van der Waals surface area contributed by atoms with E-state index in [1.807, 2.05) is 36.4 Å². The fourth-order valence-electron chi connectivity index (χ4n) is 2.63. The molecular formula is C16H18N2O3. The van der Waals surface area contributed by atoms with Gasteiger partial charge in [-0.05, 0) is 22.9 Å². The van der Waals surface area contributed by atoms with Crippen LogP contribution in [0.25, 0.3) is 10.8 Å². The molecule has 2 aromatic carbocycles. The number of carbonyl (C=O) groups is 1. The summed E-state index contributed by atoms with van der Waals surface area (Å²) in [6.07, 6.45) is -0.315. The fourth-order valence-corrected chi connectivity index (χ4v) is 2.63. The number of amides is 1. The normalized spacial score (nSPS) is 18.9. The summed E-state index contributed by atoms with van der Waals surface area (Å²) in [5.74, 6) is -0.111. The highest BCUT2D eigenvalue weighted by molar-refractivity contribution is 6.04. The minimum Gasteiger partial charge on any atom is -0.398 e. The number of benzene rings is 2. The van der Waals surface area contributed by atoms with E-state index in [-0.39, 0.29) is 18.6 Å². The lowest BCUT2D eigenvalue weighted by Gasteiger charge is -2.32. The number of morpholine rings is 1. The molecule has 1 aliphatic heterocycles. The highest BCUT2D eigenvalue weighted by Gasteiger charge is 2.25. The van der Waals surface area contributed by atoms with E-state index in [1.54, 1.807) is 4.90 Å². The Bertz CT molecular complexity index is 672. The zero-order chi connectivity index (χ0) is 14.8. The molecule has 1 saturated heterocycles. The first-order valence-electron chi connectivity index (χ1n) is 6.99. The van der Waals surface area contributed by atoms with E-state index in [9.17, 15) is 4.79 Å². The second-order valence-electron chi connectivity index (χ2n) is 5.21. The molecule has 1 atom stereocenters. The minimum atomic E-state index is -0.315. The molecule has 1 aliphatic rings. The third kappa shape index (κ3) is 2.70. The van der Waals surface area contributed by atoms with Gasteiger partial charge < -0.3 is 20.5 Å². The SMILES string of the molecule is Nc1cc2ccccc2cc1C(=O)N1CCOC(CO)C1. The number of carbonyl (C=O) groups excluding carboxylic acids is 1. The van der Waals surface area contributed by atoms with Crippen LogP contribution in [0, 0.1) is 0 Å². The maximum absolute atomic E-state index is 12.6. The summed E-state index contributed by atoms with van der Waals surface area (Å²) in [5.41, 5.74) is 7.02. The zero-order valence-electron chi connectivity index (χ0n) is 11.7. The summed E-state index contributed by atoms with van der Waals surface area (Å²) in [4.78, 5) is 14.3. The van der Waals surface area contributed by atoms with Crippen molar-refractivity contribution in [3.05, 3.63) is 42.0 Å². The van der Waals surface area contributed by atoms with Gasteiger partial charge in [0.15, 0.2) is 0 Å². The van der Waals surface area contributed by atoms with Crippen molar-refractivity contribution in [2.75, 3.05) is 32.0 Å². The highest BCUT2D eigenvalue weighted by atomic mass is 16.5. The summed E-state index contributed by atoms with van der Waals surface area (Å²) >= 11 is 0. The topological polar surface area (TPSA) is 75.8 Å². The van der Waals surface area contributed by atoms with Crippen LogP contribution in [-0.2, 0) is 4.74 Å². The molecule has 110 valence electrons. The number of hydrogen-bond acceptors (Lipinski definition) is 4. The van der Waals surface area contributed by atoms with Crippen LogP contribution in [0.2, 0.25) is 0 Å². The summed E-state index contributed by atoms with van der Waals surface area (Å²) in [7, 11) is 0. The van der Waals surface area contributed by atoms with Gasteiger partial charge in [0, 0.05) is 18.8 Å². The zero-order valence-corrected chi connectivity index (χ0v) is 11.7. The second-order valence-corrected chi connectivity index (χ2v) is 5.21. The number of aliphatic hydroxyl groups excluding tert-OH is 1. The first-order valence-corrected chi connectivity index (χ1v) is 6.99. The lowest BCUT2D eigenvalue weighted by atomic mass is 10.0. The van der Waals surface area contributed by atoms with Crippen molar-refractivity contribution in [1.29, 1.82) is 0 Å². The monoisotopic (exact) mass is 286 g/mol. The van der Waals surface area contributed by atoms with Crippen molar-refractivity contribution in [2.45, 2.75) is 6.10 Å². The quantitative estimate of drug-likeness (QED) is 0.815. The number of hydrogen-bond donors (Lipinski definition) is 2. The maximum Gasteiger partial charge on any atom is 0.256 e. The third-order valence-electron chi connectivity index (χ3n) is 3.78. The van der Waals surface area contributed by atoms with Crippen molar-refractivity contribution in [1.82, 2.24) is 4.90 Å². The van der Waals surface area contributed by atoms with E-state index < -0.39 is 0 Å². The van der Waals surface area contributed by atoms with E-state index in [1.165, 1.54) is 0 Å². The van der Waals surface area contributed by atoms with Crippen LogP contribution in [0.4, 0.5) is 5.69 Å². The van der Waals surface area contributed by atoms with E-state index in [4.69, 9.17) is 15.6 Å². The number of ether oxygens (including phenoxy) is 1. The number of nitrogens with two attached hydrogens (primary N) is 1.